The molecule has 5 rings (SSSR count). The lowest BCUT2D eigenvalue weighted by atomic mass is 9.89. The second kappa shape index (κ2) is 7.46. The minimum Gasteiger partial charge on any atom is -0.497 e. The molecule has 3 aromatic carbocycles. The van der Waals surface area contributed by atoms with Crippen LogP contribution < -0.4 is 23.8 Å². The predicted molar refractivity (Wildman–Crippen MR) is 112 cm³/mol. The van der Waals surface area contributed by atoms with E-state index in [1.54, 1.807) is 48.4 Å². The first-order valence-electron chi connectivity index (χ1n) is 9.43. The number of carbonyl (C=O) groups excluding carboxylic acids is 1. The molecule has 0 N–H and O–H groups in total. The maximum atomic E-state index is 13.1. The summed E-state index contributed by atoms with van der Waals surface area (Å²) in [5.74, 6) is 2.50. The van der Waals surface area contributed by atoms with Gasteiger partial charge < -0.3 is 18.9 Å². The molecule has 2 aliphatic rings. The van der Waals surface area contributed by atoms with Gasteiger partial charge in [0.2, 0.25) is 12.9 Å². The number of anilines is 1. The summed E-state index contributed by atoms with van der Waals surface area (Å²) in [6.45, 7) is 0.187. The van der Waals surface area contributed by atoms with E-state index in [0.29, 0.717) is 28.0 Å². The number of fused-ring (bicyclic) bond motifs is 1. The summed E-state index contributed by atoms with van der Waals surface area (Å²) in [7, 11) is 1.60. The van der Waals surface area contributed by atoms with Crippen molar-refractivity contribution in [2.24, 2.45) is 0 Å². The third-order valence-electron chi connectivity index (χ3n) is 5.19. The van der Waals surface area contributed by atoms with Gasteiger partial charge in [-0.2, -0.15) is 0 Å². The van der Waals surface area contributed by atoms with Crippen molar-refractivity contribution in [1.29, 1.82) is 0 Å². The van der Waals surface area contributed by atoms with E-state index in [1.165, 1.54) is 0 Å². The van der Waals surface area contributed by atoms with Gasteiger partial charge in [-0.25, -0.2) is 0 Å². The lowest BCUT2D eigenvalue weighted by Gasteiger charge is -2.46. The van der Waals surface area contributed by atoms with Crippen molar-refractivity contribution in [2.45, 2.75) is 12.1 Å². The molecule has 7 heteroatoms. The first-order chi connectivity index (χ1) is 14.6. The number of amides is 1. The molecule has 6 nitrogen and oxygen atoms in total. The Balaban J connectivity index is 1.50. The Hall–Kier alpha value is -3.38. The van der Waals surface area contributed by atoms with Crippen molar-refractivity contribution in [2.75, 3.05) is 18.8 Å². The maximum absolute atomic E-state index is 13.1. The van der Waals surface area contributed by atoms with Gasteiger partial charge in [-0.15, -0.1) is 0 Å². The summed E-state index contributed by atoms with van der Waals surface area (Å²) in [5.41, 5.74) is 1.60. The van der Waals surface area contributed by atoms with Crippen molar-refractivity contribution in [3.8, 4) is 23.0 Å². The van der Waals surface area contributed by atoms with E-state index in [2.05, 4.69) is 0 Å². The fourth-order valence-corrected chi connectivity index (χ4v) is 3.90. The van der Waals surface area contributed by atoms with Crippen LogP contribution in [-0.4, -0.2) is 25.9 Å². The Morgan fingerprint density at radius 3 is 2.50 bits per heavy atom. The van der Waals surface area contributed by atoms with Gasteiger partial charge in [-0.05, 0) is 60.2 Å². The number of nitrogens with zero attached hydrogens (tertiary/aromatic N) is 1. The largest absolute Gasteiger partial charge is 0.497 e. The van der Waals surface area contributed by atoms with Gasteiger partial charge in [0.15, 0.2) is 11.5 Å². The zero-order valence-corrected chi connectivity index (χ0v) is 16.8. The number of benzene rings is 3. The summed E-state index contributed by atoms with van der Waals surface area (Å²) in [6.07, 6.45) is -0.683. The van der Waals surface area contributed by atoms with E-state index in [0.717, 1.165) is 11.3 Å². The molecule has 1 fully saturated rings. The number of hydrogen-bond donors (Lipinski definition) is 0. The molecule has 0 aromatic heterocycles. The van der Waals surface area contributed by atoms with E-state index in [9.17, 15) is 4.79 Å². The number of halogens is 1. The molecule has 0 radical (unpaired) electrons. The second-order valence-corrected chi connectivity index (χ2v) is 7.40. The molecule has 0 bridgehead atoms. The minimum atomic E-state index is -0.683. The van der Waals surface area contributed by atoms with Crippen LogP contribution in [0.2, 0.25) is 5.02 Å². The first kappa shape index (κ1) is 18.6. The Labute approximate surface area is 178 Å². The van der Waals surface area contributed by atoms with Crippen molar-refractivity contribution in [1.82, 2.24) is 0 Å². The van der Waals surface area contributed by atoms with E-state index in [4.69, 9.17) is 30.5 Å². The lowest BCUT2D eigenvalue weighted by molar-refractivity contribution is -0.135. The van der Waals surface area contributed by atoms with Crippen LogP contribution in [-0.2, 0) is 4.79 Å². The van der Waals surface area contributed by atoms with Crippen LogP contribution in [0.15, 0.2) is 66.7 Å². The quantitative estimate of drug-likeness (QED) is 0.561. The van der Waals surface area contributed by atoms with E-state index in [-0.39, 0.29) is 18.7 Å². The van der Waals surface area contributed by atoms with E-state index in [1.807, 2.05) is 30.3 Å². The van der Waals surface area contributed by atoms with E-state index >= 15 is 0 Å². The molecule has 2 atom stereocenters. The molecule has 2 heterocycles. The Morgan fingerprint density at radius 2 is 1.73 bits per heavy atom. The number of β-lactam (4-membered cyclic amide) rings is 1. The molecule has 1 amide bonds. The molecular weight excluding hydrogens is 406 g/mol. The summed E-state index contributed by atoms with van der Waals surface area (Å²) < 4.78 is 22.2. The van der Waals surface area contributed by atoms with Crippen molar-refractivity contribution < 1.29 is 23.7 Å². The van der Waals surface area contributed by atoms with Gasteiger partial charge in [-0.3, -0.25) is 9.69 Å². The van der Waals surface area contributed by atoms with Crippen molar-refractivity contribution in [3.63, 3.8) is 0 Å². The van der Waals surface area contributed by atoms with Gasteiger partial charge in [0.05, 0.1) is 7.11 Å². The number of methoxy groups -OCH3 is 1. The third kappa shape index (κ3) is 3.19. The highest BCUT2D eigenvalue weighted by Crippen LogP contribution is 2.44. The fourth-order valence-electron chi connectivity index (χ4n) is 3.71. The van der Waals surface area contributed by atoms with Crippen LogP contribution in [0.4, 0.5) is 5.69 Å². The average molecular weight is 424 g/mol. The summed E-state index contributed by atoms with van der Waals surface area (Å²) >= 11 is 6.17. The molecule has 1 saturated heterocycles. The molecule has 0 aliphatic carbocycles. The number of ether oxygens (including phenoxy) is 4. The SMILES string of the molecule is COc1ccc(O[C@@H]2C(=O)N(c3cccc(Cl)c3)[C@@H]2c2ccc3c(c2)OCO3)cc1. The molecule has 0 saturated carbocycles. The van der Waals surface area contributed by atoms with Gasteiger partial charge in [0, 0.05) is 10.7 Å². The van der Waals surface area contributed by atoms with Gasteiger partial charge in [0.1, 0.15) is 17.5 Å². The molecule has 3 aromatic rings. The zero-order chi connectivity index (χ0) is 20.7. The lowest BCUT2D eigenvalue weighted by Crippen LogP contribution is -2.61. The number of rotatable bonds is 5. The highest BCUT2D eigenvalue weighted by molar-refractivity contribution is 6.31. The molecular formula is C23H18ClNO5. The highest BCUT2D eigenvalue weighted by Gasteiger charge is 2.51. The van der Waals surface area contributed by atoms with Crippen LogP contribution in [0.5, 0.6) is 23.0 Å². The smallest absolute Gasteiger partial charge is 0.271 e. The fraction of sp³-hybridized carbons (Fsp3) is 0.174. The van der Waals surface area contributed by atoms with Crippen molar-refractivity contribution >= 4 is 23.2 Å². The Kier molecular flexibility index (Phi) is 4.64. The topological polar surface area (TPSA) is 57.2 Å². The van der Waals surface area contributed by atoms with Crippen LogP contribution in [0, 0.1) is 0 Å². The van der Waals surface area contributed by atoms with Crippen LogP contribution in [0.1, 0.15) is 11.6 Å². The van der Waals surface area contributed by atoms with Crippen LogP contribution in [0.3, 0.4) is 0 Å². The highest BCUT2D eigenvalue weighted by atomic mass is 35.5. The molecule has 152 valence electrons. The summed E-state index contributed by atoms with van der Waals surface area (Å²) in [5, 5.41) is 0.559. The number of hydrogen-bond acceptors (Lipinski definition) is 5. The normalized spacial score (nSPS) is 19.4. The maximum Gasteiger partial charge on any atom is 0.271 e. The summed E-state index contributed by atoms with van der Waals surface area (Å²) in [6, 6.07) is 19.7. The standard InChI is InChI=1S/C23H18ClNO5/c1-27-17-6-8-18(9-7-17)30-22-21(14-5-10-19-20(11-14)29-13-28-19)25(23(22)26)16-4-2-3-15(24)12-16/h2-12,21-22H,13H2,1H3/t21-,22+/m1/s1. The van der Waals surface area contributed by atoms with Crippen LogP contribution in [0.25, 0.3) is 0 Å². The minimum absolute atomic E-state index is 0.143. The monoisotopic (exact) mass is 423 g/mol. The third-order valence-corrected chi connectivity index (χ3v) is 5.43. The molecule has 30 heavy (non-hydrogen) atoms. The van der Waals surface area contributed by atoms with Crippen molar-refractivity contribution in [3.05, 3.63) is 77.3 Å². The molecule has 0 unspecified atom stereocenters. The van der Waals surface area contributed by atoms with E-state index < -0.39 is 6.10 Å². The first-order valence-corrected chi connectivity index (χ1v) is 9.81. The summed E-state index contributed by atoms with van der Waals surface area (Å²) in [4.78, 5) is 14.8. The average Bonchev–Trinajstić information content (AvgIpc) is 3.23. The Bertz CT molecular complexity index is 1100. The van der Waals surface area contributed by atoms with Gasteiger partial charge in [-0.1, -0.05) is 23.7 Å². The second-order valence-electron chi connectivity index (χ2n) is 6.96. The predicted octanol–water partition coefficient (Wildman–Crippen LogP) is 4.61. The van der Waals surface area contributed by atoms with Gasteiger partial charge >= 0.3 is 0 Å². The zero-order valence-electron chi connectivity index (χ0n) is 16.1. The molecule has 2 aliphatic heterocycles. The van der Waals surface area contributed by atoms with Gasteiger partial charge in [0.25, 0.3) is 5.91 Å². The molecule has 0 spiro atoms. The number of carbonyl (C=O) groups is 1. The Morgan fingerprint density at radius 1 is 0.967 bits per heavy atom. The van der Waals surface area contributed by atoms with Crippen LogP contribution >= 0.6 is 11.6 Å².